The SMILES string of the molecule is CC1CCCc2c1sc(=S)n2-c1c(Br)cccc1Br. The molecule has 1 aromatic carbocycles. The Bertz CT molecular complexity index is 667. The molecule has 1 aliphatic rings. The monoisotopic (exact) mass is 417 g/mol. The summed E-state index contributed by atoms with van der Waals surface area (Å²) >= 11 is 14.7. The Kier molecular flexibility index (Phi) is 4.00. The van der Waals surface area contributed by atoms with Gasteiger partial charge in [-0.1, -0.05) is 13.0 Å². The average molecular weight is 419 g/mol. The third-order valence-electron chi connectivity index (χ3n) is 3.59. The van der Waals surface area contributed by atoms with Crippen LogP contribution in [-0.4, -0.2) is 4.57 Å². The minimum Gasteiger partial charge on any atom is -0.293 e. The quantitative estimate of drug-likeness (QED) is 0.496. The molecule has 0 N–H and O–H groups in total. The molecule has 0 aliphatic heterocycles. The smallest absolute Gasteiger partial charge is 0.166 e. The van der Waals surface area contributed by atoms with Gasteiger partial charge in [-0.15, -0.1) is 11.3 Å². The minimum absolute atomic E-state index is 0.637. The second kappa shape index (κ2) is 5.43. The zero-order valence-electron chi connectivity index (χ0n) is 10.5. The van der Waals surface area contributed by atoms with Crippen molar-refractivity contribution >= 4 is 55.4 Å². The molecule has 0 bridgehead atoms. The van der Waals surface area contributed by atoms with Gasteiger partial charge in [0.05, 0.1) is 5.69 Å². The van der Waals surface area contributed by atoms with Crippen LogP contribution in [0.25, 0.3) is 5.69 Å². The number of fused-ring (bicyclic) bond motifs is 1. The molecule has 1 aromatic heterocycles. The highest BCUT2D eigenvalue weighted by molar-refractivity contribution is 9.11. The average Bonchev–Trinajstić information content (AvgIpc) is 2.68. The van der Waals surface area contributed by atoms with Gasteiger partial charge in [-0.25, -0.2) is 0 Å². The van der Waals surface area contributed by atoms with E-state index in [1.165, 1.54) is 23.4 Å². The van der Waals surface area contributed by atoms with E-state index in [1.54, 1.807) is 11.3 Å². The van der Waals surface area contributed by atoms with Gasteiger partial charge in [0.15, 0.2) is 3.95 Å². The topological polar surface area (TPSA) is 4.93 Å². The van der Waals surface area contributed by atoms with Gasteiger partial charge in [-0.2, -0.15) is 0 Å². The molecule has 100 valence electrons. The largest absolute Gasteiger partial charge is 0.293 e. The Hall–Kier alpha value is 0.0300. The van der Waals surface area contributed by atoms with Crippen LogP contribution in [-0.2, 0) is 6.42 Å². The Morgan fingerprint density at radius 3 is 2.68 bits per heavy atom. The van der Waals surface area contributed by atoms with Crippen LogP contribution < -0.4 is 0 Å². The van der Waals surface area contributed by atoms with E-state index in [4.69, 9.17) is 12.2 Å². The molecule has 1 aliphatic carbocycles. The predicted octanol–water partition coefficient (Wildman–Crippen LogP) is 6.23. The number of rotatable bonds is 1. The van der Waals surface area contributed by atoms with Crippen LogP contribution >= 0.6 is 55.4 Å². The van der Waals surface area contributed by atoms with Gasteiger partial charge >= 0.3 is 0 Å². The van der Waals surface area contributed by atoms with Crippen LogP contribution in [0.2, 0.25) is 0 Å². The molecule has 19 heavy (non-hydrogen) atoms. The van der Waals surface area contributed by atoms with E-state index >= 15 is 0 Å². The fourth-order valence-electron chi connectivity index (χ4n) is 2.67. The lowest BCUT2D eigenvalue weighted by molar-refractivity contribution is 0.583. The molecule has 0 saturated carbocycles. The lowest BCUT2D eigenvalue weighted by atomic mass is 9.93. The van der Waals surface area contributed by atoms with Crippen LogP contribution in [0.5, 0.6) is 0 Å². The van der Waals surface area contributed by atoms with Gasteiger partial charge in [0.1, 0.15) is 0 Å². The van der Waals surface area contributed by atoms with Crippen molar-refractivity contribution in [3.05, 3.63) is 41.7 Å². The summed E-state index contributed by atoms with van der Waals surface area (Å²) < 4.78 is 5.36. The Morgan fingerprint density at radius 2 is 2.00 bits per heavy atom. The van der Waals surface area contributed by atoms with Crippen LogP contribution in [0.4, 0.5) is 0 Å². The maximum Gasteiger partial charge on any atom is 0.166 e. The van der Waals surface area contributed by atoms with Gasteiger partial charge in [-0.3, -0.25) is 4.57 Å². The first-order valence-electron chi connectivity index (χ1n) is 6.28. The summed E-state index contributed by atoms with van der Waals surface area (Å²) in [5.41, 5.74) is 2.54. The molecule has 0 radical (unpaired) electrons. The number of hydrogen-bond donors (Lipinski definition) is 0. The van der Waals surface area contributed by atoms with Gasteiger partial charge in [0, 0.05) is 19.5 Å². The highest BCUT2D eigenvalue weighted by Gasteiger charge is 2.24. The summed E-state index contributed by atoms with van der Waals surface area (Å²) in [6, 6.07) is 6.17. The normalized spacial score (nSPS) is 18.4. The lowest BCUT2D eigenvalue weighted by Crippen LogP contribution is -2.10. The van der Waals surface area contributed by atoms with Crippen LogP contribution in [0.15, 0.2) is 27.1 Å². The first-order chi connectivity index (χ1) is 9.09. The van der Waals surface area contributed by atoms with Crippen molar-refractivity contribution in [2.75, 3.05) is 0 Å². The number of benzene rings is 1. The Morgan fingerprint density at radius 1 is 1.32 bits per heavy atom. The third kappa shape index (κ3) is 2.39. The van der Waals surface area contributed by atoms with E-state index < -0.39 is 0 Å². The second-order valence-corrected chi connectivity index (χ2v) is 8.26. The molecular weight excluding hydrogens is 406 g/mol. The van der Waals surface area contributed by atoms with E-state index in [1.807, 2.05) is 6.07 Å². The molecule has 1 unspecified atom stereocenters. The van der Waals surface area contributed by atoms with Crippen LogP contribution in [0.1, 0.15) is 36.3 Å². The maximum atomic E-state index is 5.61. The van der Waals surface area contributed by atoms with Gasteiger partial charge in [0.25, 0.3) is 0 Å². The van der Waals surface area contributed by atoms with Crippen molar-refractivity contribution in [2.45, 2.75) is 32.1 Å². The molecule has 1 heterocycles. The molecule has 0 amide bonds. The predicted molar refractivity (Wildman–Crippen MR) is 91.2 cm³/mol. The second-order valence-electron chi connectivity index (χ2n) is 4.88. The summed E-state index contributed by atoms with van der Waals surface area (Å²) in [5.74, 6) is 0.637. The minimum atomic E-state index is 0.637. The highest BCUT2D eigenvalue weighted by Crippen LogP contribution is 2.40. The van der Waals surface area contributed by atoms with Crippen LogP contribution in [0.3, 0.4) is 0 Å². The standard InChI is InChI=1S/C14H13Br2NS2/c1-8-4-2-7-11-13(8)19-14(18)17(11)12-9(15)5-3-6-10(12)16/h3,5-6,8H,2,4,7H2,1H3. The summed E-state index contributed by atoms with van der Waals surface area (Å²) in [4.78, 5) is 1.47. The van der Waals surface area contributed by atoms with Crippen molar-refractivity contribution in [3.63, 3.8) is 0 Å². The molecule has 3 rings (SSSR count). The van der Waals surface area contributed by atoms with E-state index in [2.05, 4.69) is 55.5 Å². The van der Waals surface area contributed by atoms with E-state index in [0.717, 1.165) is 25.0 Å². The summed E-state index contributed by atoms with van der Waals surface area (Å²) in [7, 11) is 0. The molecule has 0 saturated heterocycles. The molecule has 0 fully saturated rings. The van der Waals surface area contributed by atoms with Crippen molar-refractivity contribution in [2.24, 2.45) is 0 Å². The first kappa shape index (κ1) is 14.0. The summed E-state index contributed by atoms with van der Waals surface area (Å²) in [6.45, 7) is 2.31. The van der Waals surface area contributed by atoms with Crippen molar-refractivity contribution < 1.29 is 0 Å². The fraction of sp³-hybridized carbons (Fsp3) is 0.357. The number of aromatic nitrogens is 1. The molecule has 2 aromatic rings. The number of hydrogen-bond acceptors (Lipinski definition) is 2. The third-order valence-corrected chi connectivity index (χ3v) is 6.52. The van der Waals surface area contributed by atoms with E-state index in [0.29, 0.717) is 5.92 Å². The number of thiazole rings is 1. The molecule has 5 heteroatoms. The first-order valence-corrected chi connectivity index (χ1v) is 9.09. The lowest BCUT2D eigenvalue weighted by Gasteiger charge is -2.20. The van der Waals surface area contributed by atoms with Crippen molar-refractivity contribution in [3.8, 4) is 5.69 Å². The van der Waals surface area contributed by atoms with E-state index in [9.17, 15) is 0 Å². The summed E-state index contributed by atoms with van der Waals surface area (Å²) in [6.07, 6.45) is 3.65. The summed E-state index contributed by atoms with van der Waals surface area (Å²) in [5, 5.41) is 0. The number of para-hydroxylation sites is 1. The fourth-order valence-corrected chi connectivity index (χ4v) is 5.61. The van der Waals surface area contributed by atoms with Crippen molar-refractivity contribution in [1.82, 2.24) is 4.57 Å². The molecule has 0 spiro atoms. The number of halogens is 2. The Balaban J connectivity index is 2.30. The molecule has 1 atom stereocenters. The van der Waals surface area contributed by atoms with Gasteiger partial charge in [-0.05, 0) is 81.4 Å². The maximum absolute atomic E-state index is 5.61. The molecule has 1 nitrogen and oxygen atoms in total. The van der Waals surface area contributed by atoms with Gasteiger partial charge < -0.3 is 0 Å². The zero-order chi connectivity index (χ0) is 13.6. The highest BCUT2D eigenvalue weighted by atomic mass is 79.9. The molecular formula is C14H13Br2NS2. The zero-order valence-corrected chi connectivity index (χ0v) is 15.3. The number of nitrogens with zero attached hydrogens (tertiary/aromatic N) is 1. The Labute approximate surface area is 138 Å². The van der Waals surface area contributed by atoms with Crippen LogP contribution in [0, 0.1) is 3.95 Å². The van der Waals surface area contributed by atoms with Crippen molar-refractivity contribution in [1.29, 1.82) is 0 Å². The van der Waals surface area contributed by atoms with E-state index in [-0.39, 0.29) is 0 Å². The van der Waals surface area contributed by atoms with Gasteiger partial charge in [0.2, 0.25) is 0 Å².